The van der Waals surface area contributed by atoms with Crippen LogP contribution in [0.2, 0.25) is 0 Å². The molecule has 0 aromatic heterocycles. The number of benzene rings is 2. The number of hydrogen-bond donors (Lipinski definition) is 2. The van der Waals surface area contributed by atoms with Crippen LogP contribution in [0.15, 0.2) is 41.3 Å². The molecule has 7 heteroatoms. The molecule has 1 aliphatic rings. The summed E-state index contributed by atoms with van der Waals surface area (Å²) in [6, 6.07) is 10.4. The standard InChI is InChI=1S/C25H35N3O3S/c1-18-8-12-28(13-9-18)11-5-10-26-25(29)22-7-6-21(4)24(17-22)32(30,31)27-23-15-19(2)14-20(3)16-23/h6-7,14-18,27H,5,8-13H2,1-4H3,(H,26,29). The Kier molecular flexibility index (Phi) is 7.96. The van der Waals surface area contributed by atoms with Gasteiger partial charge in [0.25, 0.3) is 15.9 Å². The summed E-state index contributed by atoms with van der Waals surface area (Å²) in [4.78, 5) is 15.2. The van der Waals surface area contributed by atoms with E-state index in [9.17, 15) is 13.2 Å². The highest BCUT2D eigenvalue weighted by molar-refractivity contribution is 7.92. The Labute approximate surface area is 192 Å². The van der Waals surface area contributed by atoms with Crippen LogP contribution in [-0.4, -0.2) is 45.4 Å². The second-order valence-corrected chi connectivity index (χ2v) is 10.7. The zero-order valence-electron chi connectivity index (χ0n) is 19.6. The molecule has 174 valence electrons. The van der Waals surface area contributed by atoms with E-state index in [-0.39, 0.29) is 10.8 Å². The summed E-state index contributed by atoms with van der Waals surface area (Å²) in [6.45, 7) is 11.7. The number of carbonyl (C=O) groups excluding carboxylic acids is 1. The van der Waals surface area contributed by atoms with E-state index in [2.05, 4.69) is 21.9 Å². The van der Waals surface area contributed by atoms with Crippen molar-refractivity contribution in [2.24, 2.45) is 5.92 Å². The first kappa shape index (κ1) is 24.3. The third-order valence-electron chi connectivity index (χ3n) is 6.03. The van der Waals surface area contributed by atoms with Crippen molar-refractivity contribution in [3.63, 3.8) is 0 Å². The van der Waals surface area contributed by atoms with Gasteiger partial charge in [0.1, 0.15) is 0 Å². The minimum atomic E-state index is -3.81. The van der Waals surface area contributed by atoms with Crippen LogP contribution in [0.3, 0.4) is 0 Å². The lowest BCUT2D eigenvalue weighted by Crippen LogP contribution is -2.35. The van der Waals surface area contributed by atoms with E-state index in [4.69, 9.17) is 0 Å². The molecule has 0 radical (unpaired) electrons. The van der Waals surface area contributed by atoms with Crippen LogP contribution in [0.1, 0.15) is 53.2 Å². The Hall–Kier alpha value is -2.38. The molecule has 2 aromatic rings. The van der Waals surface area contributed by atoms with Gasteiger partial charge in [-0.25, -0.2) is 8.42 Å². The fraction of sp³-hybridized carbons (Fsp3) is 0.480. The highest BCUT2D eigenvalue weighted by Crippen LogP contribution is 2.22. The Bertz CT molecular complexity index is 1040. The molecule has 0 bridgehead atoms. The number of sulfonamides is 1. The van der Waals surface area contributed by atoms with Crippen LogP contribution >= 0.6 is 0 Å². The van der Waals surface area contributed by atoms with Crippen molar-refractivity contribution in [2.75, 3.05) is 30.9 Å². The van der Waals surface area contributed by atoms with Crippen LogP contribution in [0.4, 0.5) is 5.69 Å². The van der Waals surface area contributed by atoms with Crippen LogP contribution in [0.5, 0.6) is 0 Å². The summed E-state index contributed by atoms with van der Waals surface area (Å²) in [7, 11) is -3.81. The van der Waals surface area contributed by atoms with Gasteiger partial charge in [0.2, 0.25) is 0 Å². The van der Waals surface area contributed by atoms with Crippen molar-refractivity contribution >= 4 is 21.6 Å². The van der Waals surface area contributed by atoms with E-state index in [1.165, 1.54) is 18.9 Å². The zero-order chi connectivity index (χ0) is 23.3. The number of carbonyl (C=O) groups is 1. The number of anilines is 1. The number of rotatable bonds is 8. The van der Waals surface area contributed by atoms with E-state index in [1.54, 1.807) is 31.2 Å². The number of piperidine rings is 1. The molecule has 6 nitrogen and oxygen atoms in total. The molecule has 1 amide bonds. The van der Waals surface area contributed by atoms with Gasteiger partial charge in [0.15, 0.2) is 0 Å². The predicted molar refractivity (Wildman–Crippen MR) is 130 cm³/mol. The first-order valence-corrected chi connectivity index (χ1v) is 12.8. The summed E-state index contributed by atoms with van der Waals surface area (Å²) in [5.41, 5.74) is 3.42. The van der Waals surface area contributed by atoms with Gasteiger partial charge in [0.05, 0.1) is 4.90 Å². The van der Waals surface area contributed by atoms with Crippen molar-refractivity contribution in [1.29, 1.82) is 0 Å². The third kappa shape index (κ3) is 6.56. The summed E-state index contributed by atoms with van der Waals surface area (Å²) >= 11 is 0. The van der Waals surface area contributed by atoms with Crippen LogP contribution in [0.25, 0.3) is 0 Å². The number of aryl methyl sites for hydroxylation is 3. The maximum atomic E-state index is 13.0. The Morgan fingerprint density at radius 3 is 2.34 bits per heavy atom. The maximum absolute atomic E-state index is 13.0. The monoisotopic (exact) mass is 457 g/mol. The second kappa shape index (κ2) is 10.5. The highest BCUT2D eigenvalue weighted by Gasteiger charge is 2.20. The number of nitrogens with one attached hydrogen (secondary N) is 2. The molecule has 0 spiro atoms. The molecular weight excluding hydrogens is 422 g/mol. The molecule has 2 aromatic carbocycles. The van der Waals surface area contributed by atoms with Gasteiger partial charge in [-0.1, -0.05) is 19.1 Å². The molecule has 0 unspecified atom stereocenters. The number of likely N-dealkylation sites (tertiary alicyclic amines) is 1. The smallest absolute Gasteiger partial charge is 0.262 e. The van der Waals surface area contributed by atoms with E-state index in [0.29, 0.717) is 23.4 Å². The van der Waals surface area contributed by atoms with Gasteiger partial charge in [-0.05, 0) is 107 Å². The van der Waals surface area contributed by atoms with Crippen LogP contribution in [-0.2, 0) is 10.0 Å². The Morgan fingerprint density at radius 1 is 1.03 bits per heavy atom. The minimum Gasteiger partial charge on any atom is -0.352 e. The summed E-state index contributed by atoms with van der Waals surface area (Å²) < 4.78 is 28.7. The van der Waals surface area contributed by atoms with Gasteiger partial charge in [-0.2, -0.15) is 0 Å². The van der Waals surface area contributed by atoms with Gasteiger partial charge in [-0.3, -0.25) is 9.52 Å². The maximum Gasteiger partial charge on any atom is 0.262 e. The van der Waals surface area contributed by atoms with E-state index < -0.39 is 10.0 Å². The first-order chi connectivity index (χ1) is 15.1. The first-order valence-electron chi connectivity index (χ1n) is 11.4. The zero-order valence-corrected chi connectivity index (χ0v) is 20.4. The van der Waals surface area contributed by atoms with Crippen LogP contribution < -0.4 is 10.0 Å². The topological polar surface area (TPSA) is 78.5 Å². The number of amides is 1. The van der Waals surface area contributed by atoms with Crippen molar-refractivity contribution < 1.29 is 13.2 Å². The molecule has 2 N–H and O–H groups in total. The highest BCUT2D eigenvalue weighted by atomic mass is 32.2. The van der Waals surface area contributed by atoms with E-state index in [1.807, 2.05) is 19.9 Å². The largest absolute Gasteiger partial charge is 0.352 e. The average molecular weight is 458 g/mol. The lowest BCUT2D eigenvalue weighted by molar-refractivity contribution is 0.0950. The quantitative estimate of drug-likeness (QED) is 0.581. The van der Waals surface area contributed by atoms with E-state index >= 15 is 0 Å². The van der Waals surface area contributed by atoms with Crippen molar-refractivity contribution in [2.45, 2.75) is 51.9 Å². The summed E-state index contributed by atoms with van der Waals surface area (Å²) in [5, 5.41) is 2.93. The molecule has 1 fully saturated rings. The second-order valence-electron chi connectivity index (χ2n) is 9.10. The summed E-state index contributed by atoms with van der Waals surface area (Å²) in [5.74, 6) is 0.558. The molecule has 32 heavy (non-hydrogen) atoms. The fourth-order valence-electron chi connectivity index (χ4n) is 4.17. The normalized spacial score (nSPS) is 15.5. The molecule has 0 aliphatic carbocycles. The molecule has 1 heterocycles. The third-order valence-corrected chi connectivity index (χ3v) is 7.55. The number of nitrogens with zero attached hydrogens (tertiary/aromatic N) is 1. The Balaban J connectivity index is 1.62. The fourth-order valence-corrected chi connectivity index (χ4v) is 5.48. The molecule has 3 rings (SSSR count). The minimum absolute atomic E-state index is 0.117. The molecule has 0 saturated carbocycles. The van der Waals surface area contributed by atoms with Gasteiger partial charge in [0, 0.05) is 17.8 Å². The molecular formula is C25H35N3O3S. The SMILES string of the molecule is Cc1cc(C)cc(NS(=O)(=O)c2cc(C(=O)NCCCN3CCC(C)CC3)ccc2C)c1. The summed E-state index contributed by atoms with van der Waals surface area (Å²) in [6.07, 6.45) is 3.36. The molecule has 0 atom stereocenters. The average Bonchev–Trinajstić information content (AvgIpc) is 2.71. The van der Waals surface area contributed by atoms with Crippen molar-refractivity contribution in [3.05, 3.63) is 58.7 Å². The van der Waals surface area contributed by atoms with Crippen molar-refractivity contribution in [1.82, 2.24) is 10.2 Å². The van der Waals surface area contributed by atoms with Crippen molar-refractivity contribution in [3.8, 4) is 0 Å². The Morgan fingerprint density at radius 2 is 1.69 bits per heavy atom. The molecule has 1 aliphatic heterocycles. The molecule has 1 saturated heterocycles. The van der Waals surface area contributed by atoms with E-state index in [0.717, 1.165) is 43.1 Å². The van der Waals surface area contributed by atoms with Gasteiger partial charge in [-0.15, -0.1) is 0 Å². The number of hydrogen-bond acceptors (Lipinski definition) is 4. The van der Waals surface area contributed by atoms with Gasteiger partial charge < -0.3 is 10.2 Å². The lowest BCUT2D eigenvalue weighted by atomic mass is 9.99. The lowest BCUT2D eigenvalue weighted by Gasteiger charge is -2.30. The predicted octanol–water partition coefficient (Wildman–Crippen LogP) is 4.26. The van der Waals surface area contributed by atoms with Gasteiger partial charge >= 0.3 is 0 Å². The van der Waals surface area contributed by atoms with Crippen LogP contribution in [0, 0.1) is 26.7 Å².